The summed E-state index contributed by atoms with van der Waals surface area (Å²) in [6.45, 7) is 0.392. The molecule has 0 aromatic heterocycles. The van der Waals surface area contributed by atoms with Crippen molar-refractivity contribution in [3.63, 3.8) is 0 Å². The van der Waals surface area contributed by atoms with Crippen LogP contribution in [0.4, 0.5) is 17.1 Å². The van der Waals surface area contributed by atoms with Gasteiger partial charge in [-0.3, -0.25) is 19.2 Å². The number of hydrogen-bond donors (Lipinski definition) is 2. The Morgan fingerprint density at radius 1 is 1.06 bits per heavy atom. The van der Waals surface area contributed by atoms with Gasteiger partial charge in [0.1, 0.15) is 18.3 Å². The van der Waals surface area contributed by atoms with Crippen LogP contribution in [0.5, 0.6) is 5.75 Å². The number of amides is 4. The van der Waals surface area contributed by atoms with Crippen molar-refractivity contribution in [1.82, 2.24) is 4.90 Å². The van der Waals surface area contributed by atoms with Crippen LogP contribution in [0, 0.1) is 0 Å². The lowest BCUT2D eigenvalue weighted by atomic mass is 10.1. The maximum absolute atomic E-state index is 12.9. The number of para-hydroxylation sites is 2. The Bertz CT molecular complexity index is 1070. The number of rotatable bonds is 6. The van der Waals surface area contributed by atoms with E-state index in [1.807, 2.05) is 0 Å². The topological polar surface area (TPSA) is 108 Å². The Morgan fingerprint density at radius 3 is 2.55 bits per heavy atom. The van der Waals surface area contributed by atoms with Crippen LogP contribution in [-0.2, 0) is 19.2 Å². The Morgan fingerprint density at radius 2 is 1.79 bits per heavy atom. The van der Waals surface area contributed by atoms with E-state index in [4.69, 9.17) is 4.74 Å². The number of carbonyl (C=O) groups is 4. The fourth-order valence-corrected chi connectivity index (χ4v) is 4.19. The molecule has 9 nitrogen and oxygen atoms in total. The fourth-order valence-electron chi connectivity index (χ4n) is 4.19. The minimum atomic E-state index is -0.573. The minimum Gasteiger partial charge on any atom is -0.497 e. The molecule has 33 heavy (non-hydrogen) atoms. The zero-order chi connectivity index (χ0) is 23.4. The van der Waals surface area contributed by atoms with E-state index in [9.17, 15) is 19.2 Å². The van der Waals surface area contributed by atoms with Gasteiger partial charge in [-0.05, 0) is 49.2 Å². The molecule has 1 atom stereocenters. The van der Waals surface area contributed by atoms with E-state index < -0.39 is 6.04 Å². The van der Waals surface area contributed by atoms with Crippen molar-refractivity contribution in [3.05, 3.63) is 48.5 Å². The summed E-state index contributed by atoms with van der Waals surface area (Å²) in [5.41, 5.74) is 1.81. The molecule has 4 amide bonds. The smallest absolute Gasteiger partial charge is 0.247 e. The summed E-state index contributed by atoms with van der Waals surface area (Å²) in [5.74, 6) is -0.388. The molecular formula is C24H26N4O5. The number of anilines is 3. The molecule has 172 valence electrons. The van der Waals surface area contributed by atoms with Gasteiger partial charge in [-0.15, -0.1) is 0 Å². The first kappa shape index (κ1) is 22.3. The molecule has 2 aromatic carbocycles. The number of carbonyl (C=O) groups excluding carboxylic acids is 4. The third kappa shape index (κ3) is 4.97. The van der Waals surface area contributed by atoms with Crippen LogP contribution >= 0.6 is 0 Å². The first-order valence-corrected chi connectivity index (χ1v) is 10.9. The molecule has 0 saturated carbocycles. The number of hydrogen-bond acceptors (Lipinski definition) is 5. The van der Waals surface area contributed by atoms with Gasteiger partial charge in [-0.1, -0.05) is 12.1 Å². The molecular weight excluding hydrogens is 424 g/mol. The summed E-state index contributed by atoms with van der Waals surface area (Å²) in [4.78, 5) is 53.4. The maximum Gasteiger partial charge on any atom is 0.247 e. The van der Waals surface area contributed by atoms with Crippen molar-refractivity contribution < 1.29 is 23.9 Å². The van der Waals surface area contributed by atoms with E-state index in [1.54, 1.807) is 60.5 Å². The van der Waals surface area contributed by atoms with Crippen LogP contribution in [-0.4, -0.2) is 54.8 Å². The normalized spacial score (nSPS) is 17.2. The second-order valence-corrected chi connectivity index (χ2v) is 8.01. The molecule has 2 N–H and O–H groups in total. The van der Waals surface area contributed by atoms with E-state index in [0.29, 0.717) is 35.8 Å². The number of ether oxygens (including phenoxy) is 1. The summed E-state index contributed by atoms with van der Waals surface area (Å²) in [6, 6.07) is 13.5. The van der Waals surface area contributed by atoms with Crippen LogP contribution in [0.25, 0.3) is 0 Å². The lowest BCUT2D eigenvalue weighted by Crippen LogP contribution is -2.44. The molecule has 1 unspecified atom stereocenters. The van der Waals surface area contributed by atoms with Crippen LogP contribution in [0.2, 0.25) is 0 Å². The van der Waals surface area contributed by atoms with Crippen LogP contribution in [0.1, 0.15) is 25.7 Å². The average Bonchev–Trinajstić information content (AvgIpc) is 3.32. The predicted molar refractivity (Wildman–Crippen MR) is 123 cm³/mol. The second-order valence-electron chi connectivity index (χ2n) is 8.01. The van der Waals surface area contributed by atoms with Crippen molar-refractivity contribution in [2.24, 2.45) is 0 Å². The summed E-state index contributed by atoms with van der Waals surface area (Å²) >= 11 is 0. The van der Waals surface area contributed by atoms with Crippen molar-refractivity contribution >= 4 is 40.7 Å². The van der Waals surface area contributed by atoms with E-state index >= 15 is 0 Å². The molecule has 9 heteroatoms. The van der Waals surface area contributed by atoms with Crippen LogP contribution in [0.3, 0.4) is 0 Å². The number of fused-ring (bicyclic) bond motifs is 1. The Kier molecular flexibility index (Phi) is 6.58. The molecule has 1 saturated heterocycles. The third-order valence-electron chi connectivity index (χ3n) is 5.86. The molecule has 4 rings (SSSR count). The molecule has 2 heterocycles. The van der Waals surface area contributed by atoms with Gasteiger partial charge in [0, 0.05) is 25.1 Å². The highest BCUT2D eigenvalue weighted by Crippen LogP contribution is 2.29. The fraction of sp³-hybridized carbons (Fsp3) is 0.333. The van der Waals surface area contributed by atoms with Gasteiger partial charge in [-0.25, -0.2) is 0 Å². The average molecular weight is 450 g/mol. The zero-order valence-electron chi connectivity index (χ0n) is 18.4. The van der Waals surface area contributed by atoms with Gasteiger partial charge in [0.15, 0.2) is 0 Å². The number of methoxy groups -OCH3 is 1. The predicted octanol–water partition coefficient (Wildman–Crippen LogP) is 2.39. The van der Waals surface area contributed by atoms with Crippen LogP contribution < -0.4 is 20.3 Å². The van der Waals surface area contributed by atoms with E-state index in [1.165, 1.54) is 4.90 Å². The SMILES string of the molecule is COc1ccc(NC(=O)C2CCCN2C(=O)CCC(=O)N2CC(=O)Nc3ccccc32)cc1. The maximum atomic E-state index is 12.9. The molecule has 2 aliphatic rings. The number of nitrogens with zero attached hydrogens (tertiary/aromatic N) is 2. The lowest BCUT2D eigenvalue weighted by Gasteiger charge is -2.29. The first-order valence-electron chi connectivity index (χ1n) is 10.9. The molecule has 0 bridgehead atoms. The summed E-state index contributed by atoms with van der Waals surface area (Å²) in [5, 5.41) is 5.58. The Hall–Kier alpha value is -3.88. The summed E-state index contributed by atoms with van der Waals surface area (Å²) < 4.78 is 5.12. The van der Waals surface area contributed by atoms with Crippen molar-refractivity contribution in [2.45, 2.75) is 31.7 Å². The van der Waals surface area contributed by atoms with Gasteiger partial charge in [0.25, 0.3) is 0 Å². The minimum absolute atomic E-state index is 0.0224. The highest BCUT2D eigenvalue weighted by molar-refractivity contribution is 6.10. The highest BCUT2D eigenvalue weighted by atomic mass is 16.5. The van der Waals surface area contributed by atoms with Gasteiger partial charge >= 0.3 is 0 Å². The van der Waals surface area contributed by atoms with E-state index in [0.717, 1.165) is 6.42 Å². The highest BCUT2D eigenvalue weighted by Gasteiger charge is 2.34. The van der Waals surface area contributed by atoms with E-state index in [-0.39, 0.29) is 43.0 Å². The number of benzene rings is 2. The van der Waals surface area contributed by atoms with Crippen molar-refractivity contribution in [3.8, 4) is 5.75 Å². The third-order valence-corrected chi connectivity index (χ3v) is 5.86. The lowest BCUT2D eigenvalue weighted by molar-refractivity contribution is -0.137. The molecule has 0 radical (unpaired) electrons. The van der Waals surface area contributed by atoms with Gasteiger partial charge < -0.3 is 25.2 Å². The first-order chi connectivity index (χ1) is 16.0. The van der Waals surface area contributed by atoms with Crippen LogP contribution in [0.15, 0.2) is 48.5 Å². The summed E-state index contributed by atoms with van der Waals surface area (Å²) in [7, 11) is 1.57. The molecule has 0 aliphatic carbocycles. The zero-order valence-corrected chi connectivity index (χ0v) is 18.4. The van der Waals surface area contributed by atoms with Gasteiger partial charge in [0.2, 0.25) is 23.6 Å². The van der Waals surface area contributed by atoms with Gasteiger partial charge in [0.05, 0.1) is 18.5 Å². The largest absolute Gasteiger partial charge is 0.497 e. The number of likely N-dealkylation sites (tertiary alicyclic amines) is 1. The molecule has 0 spiro atoms. The standard InChI is InChI=1S/C24H26N4O5/c1-33-17-10-8-16(9-11-17)25-24(32)20-7-4-14-27(20)22(30)12-13-23(31)28-15-21(29)26-18-5-2-3-6-19(18)28/h2-3,5-6,8-11,20H,4,7,12-15H2,1H3,(H,25,32)(H,26,29). The van der Waals surface area contributed by atoms with Gasteiger partial charge in [-0.2, -0.15) is 0 Å². The van der Waals surface area contributed by atoms with E-state index in [2.05, 4.69) is 10.6 Å². The Labute approximate surface area is 191 Å². The number of nitrogens with one attached hydrogen (secondary N) is 2. The Balaban J connectivity index is 1.35. The monoisotopic (exact) mass is 450 g/mol. The summed E-state index contributed by atoms with van der Waals surface area (Å²) in [6.07, 6.45) is 1.23. The van der Waals surface area contributed by atoms with Crippen molar-refractivity contribution in [2.75, 3.05) is 35.7 Å². The molecule has 1 fully saturated rings. The quantitative estimate of drug-likeness (QED) is 0.703. The molecule has 2 aliphatic heterocycles. The molecule has 2 aromatic rings. The van der Waals surface area contributed by atoms with Crippen molar-refractivity contribution in [1.29, 1.82) is 0 Å². The second kappa shape index (κ2) is 9.72.